The molecule has 12 aromatic rings. The van der Waals surface area contributed by atoms with Gasteiger partial charge in [-0.15, -0.1) is 0 Å². The van der Waals surface area contributed by atoms with E-state index in [0.29, 0.717) is 11.3 Å². The van der Waals surface area contributed by atoms with E-state index in [0.717, 1.165) is 110 Å². The van der Waals surface area contributed by atoms with Gasteiger partial charge in [0.1, 0.15) is 22.3 Å². The van der Waals surface area contributed by atoms with E-state index in [1.54, 1.807) is 0 Å². The van der Waals surface area contributed by atoms with Crippen LogP contribution in [0.3, 0.4) is 0 Å². The molecule has 56 heavy (non-hydrogen) atoms. The summed E-state index contributed by atoms with van der Waals surface area (Å²) in [5.74, 6) is 0. The minimum Gasteiger partial charge on any atom is -0.455 e. The number of fused-ring (bicyclic) bond motifs is 14. The molecule has 0 unspecified atom stereocenters. The number of rotatable bonds is 3. The molecule has 0 fully saturated rings. The third-order valence-electron chi connectivity index (χ3n) is 11.4. The van der Waals surface area contributed by atoms with Gasteiger partial charge in [-0.3, -0.25) is 0 Å². The Morgan fingerprint density at radius 2 is 0.946 bits per heavy atom. The molecule has 0 radical (unpaired) electrons. The summed E-state index contributed by atoms with van der Waals surface area (Å²) in [6.07, 6.45) is 0. The lowest BCUT2D eigenvalue weighted by atomic mass is 9.98. The number of aromatic nitrogens is 2. The third-order valence-corrected chi connectivity index (χ3v) is 11.4. The zero-order valence-corrected chi connectivity index (χ0v) is 29.6. The van der Waals surface area contributed by atoms with Crippen molar-refractivity contribution in [3.05, 3.63) is 175 Å². The van der Waals surface area contributed by atoms with Gasteiger partial charge in [0.15, 0.2) is 5.69 Å². The second kappa shape index (κ2) is 11.2. The molecule has 0 saturated carbocycles. The monoisotopic (exact) mass is 714 g/mol. The van der Waals surface area contributed by atoms with Gasteiger partial charge in [0.05, 0.1) is 62.4 Å². The maximum absolute atomic E-state index is 10.3. The molecule has 0 aliphatic rings. The van der Waals surface area contributed by atoms with Crippen LogP contribution >= 0.6 is 0 Å². The Bertz CT molecular complexity index is 3500. The van der Waals surface area contributed by atoms with Crippen molar-refractivity contribution >= 4 is 93.2 Å². The molecule has 4 aromatic heterocycles. The number of nitriles is 1. The summed E-state index contributed by atoms with van der Waals surface area (Å²) in [6, 6.07) is 55.8. The zero-order chi connectivity index (χ0) is 37.1. The van der Waals surface area contributed by atoms with Crippen LogP contribution in [0.15, 0.2) is 167 Å². The van der Waals surface area contributed by atoms with Crippen LogP contribution in [0.1, 0.15) is 5.56 Å². The van der Waals surface area contributed by atoms with Crippen molar-refractivity contribution in [3.8, 4) is 28.6 Å². The molecule has 8 aromatic carbocycles. The van der Waals surface area contributed by atoms with E-state index in [9.17, 15) is 5.26 Å². The summed E-state index contributed by atoms with van der Waals surface area (Å²) in [5.41, 5.74) is 11.8. The number of para-hydroxylation sites is 4. The molecule has 0 spiro atoms. The van der Waals surface area contributed by atoms with Gasteiger partial charge >= 0.3 is 0 Å². The van der Waals surface area contributed by atoms with Crippen LogP contribution in [0.2, 0.25) is 0 Å². The molecule has 258 valence electrons. The number of hydrogen-bond donors (Lipinski definition) is 0. The summed E-state index contributed by atoms with van der Waals surface area (Å²) in [6.45, 7) is 8.10. The van der Waals surface area contributed by atoms with Gasteiger partial charge in [-0.2, -0.15) is 5.26 Å². The standard InChI is InChI=1S/C50H26N4O2/c1-52-30-19-23-42(54-40-15-7-3-13-36(40)48-44(54)25-21-34-32-11-5-9-17-46(32)56-50(34)48)38(27-30)37-26-29(28-51)18-22-41(37)53-39-14-6-2-12-35(39)47-43(53)24-20-33-31-10-4-8-16-45(31)55-49(33)47/h2-27H. The number of furan rings is 2. The van der Waals surface area contributed by atoms with Gasteiger partial charge in [-0.05, 0) is 84.4 Å². The molecule has 0 bridgehead atoms. The first kappa shape index (κ1) is 30.4. The van der Waals surface area contributed by atoms with Gasteiger partial charge in [0, 0.05) is 37.9 Å². The Kier molecular flexibility index (Phi) is 6.10. The average Bonchev–Trinajstić information content (AvgIpc) is 4.00. The van der Waals surface area contributed by atoms with E-state index in [1.807, 2.05) is 72.8 Å². The first-order valence-electron chi connectivity index (χ1n) is 18.4. The molecule has 0 aliphatic heterocycles. The van der Waals surface area contributed by atoms with Gasteiger partial charge in [-0.25, -0.2) is 4.85 Å². The molecule has 0 atom stereocenters. The Balaban J connectivity index is 1.20. The normalized spacial score (nSPS) is 11.9. The summed E-state index contributed by atoms with van der Waals surface area (Å²) >= 11 is 0. The van der Waals surface area contributed by atoms with Crippen molar-refractivity contribution in [1.82, 2.24) is 9.13 Å². The summed E-state index contributed by atoms with van der Waals surface area (Å²) < 4.78 is 17.7. The van der Waals surface area contributed by atoms with E-state index < -0.39 is 0 Å². The molecule has 0 aliphatic carbocycles. The lowest BCUT2D eigenvalue weighted by Gasteiger charge is -2.19. The predicted molar refractivity (Wildman–Crippen MR) is 226 cm³/mol. The van der Waals surface area contributed by atoms with Crippen LogP contribution in [-0.4, -0.2) is 9.13 Å². The Morgan fingerprint density at radius 3 is 1.48 bits per heavy atom. The number of hydrogen-bond acceptors (Lipinski definition) is 3. The van der Waals surface area contributed by atoms with Crippen molar-refractivity contribution in [2.24, 2.45) is 0 Å². The fourth-order valence-electron chi connectivity index (χ4n) is 9.01. The van der Waals surface area contributed by atoms with Crippen LogP contribution in [0.4, 0.5) is 5.69 Å². The molecular formula is C50H26N4O2. The summed E-state index contributed by atoms with van der Waals surface area (Å²) in [7, 11) is 0. The zero-order valence-electron chi connectivity index (χ0n) is 29.6. The molecule has 6 nitrogen and oxygen atoms in total. The first-order chi connectivity index (χ1) is 27.7. The molecule has 6 heteroatoms. The highest BCUT2D eigenvalue weighted by atomic mass is 16.3. The highest BCUT2D eigenvalue weighted by molar-refractivity contribution is 6.25. The maximum Gasteiger partial charge on any atom is 0.188 e. The largest absolute Gasteiger partial charge is 0.455 e. The topological polar surface area (TPSA) is 64.3 Å². The lowest BCUT2D eigenvalue weighted by molar-refractivity contribution is 0.672. The van der Waals surface area contributed by atoms with Crippen LogP contribution in [0.25, 0.3) is 115 Å². The maximum atomic E-state index is 10.3. The van der Waals surface area contributed by atoms with E-state index in [1.165, 1.54) is 0 Å². The highest BCUT2D eigenvalue weighted by Crippen LogP contribution is 2.46. The highest BCUT2D eigenvalue weighted by Gasteiger charge is 2.24. The Morgan fingerprint density at radius 1 is 0.464 bits per heavy atom. The molecule has 0 saturated heterocycles. The summed E-state index contributed by atoms with van der Waals surface area (Å²) in [4.78, 5) is 3.90. The van der Waals surface area contributed by atoms with Gasteiger partial charge in [0.25, 0.3) is 0 Å². The first-order valence-corrected chi connectivity index (χ1v) is 18.4. The number of nitrogens with zero attached hydrogens (tertiary/aromatic N) is 4. The smallest absolute Gasteiger partial charge is 0.188 e. The van der Waals surface area contributed by atoms with Crippen molar-refractivity contribution in [2.45, 2.75) is 0 Å². The number of benzene rings is 8. The van der Waals surface area contributed by atoms with Crippen molar-refractivity contribution < 1.29 is 8.83 Å². The quantitative estimate of drug-likeness (QED) is 0.171. The van der Waals surface area contributed by atoms with Crippen molar-refractivity contribution in [3.63, 3.8) is 0 Å². The van der Waals surface area contributed by atoms with Gasteiger partial charge in [0.2, 0.25) is 0 Å². The minimum absolute atomic E-state index is 0.503. The Hall–Kier alpha value is -8.06. The molecule has 4 heterocycles. The SMILES string of the molecule is [C-]#[N+]c1ccc(-n2c3ccccc3c3c4oc5ccccc5c4ccc32)c(-c2cc(C#N)ccc2-n2c3ccccc3c3c4oc5ccccc5c4ccc32)c1. The molecular weight excluding hydrogens is 689 g/mol. The fraction of sp³-hybridized carbons (Fsp3) is 0. The fourth-order valence-corrected chi connectivity index (χ4v) is 9.01. The minimum atomic E-state index is 0.503. The predicted octanol–water partition coefficient (Wildman–Crippen LogP) is 13.8. The second-order valence-corrected chi connectivity index (χ2v) is 14.2. The second-order valence-electron chi connectivity index (χ2n) is 14.2. The van der Waals surface area contributed by atoms with Crippen LogP contribution < -0.4 is 0 Å². The van der Waals surface area contributed by atoms with Crippen molar-refractivity contribution in [1.29, 1.82) is 5.26 Å². The lowest BCUT2D eigenvalue weighted by Crippen LogP contribution is -2.02. The van der Waals surface area contributed by atoms with Gasteiger partial charge in [-0.1, -0.05) is 78.9 Å². The summed E-state index contributed by atoms with van der Waals surface area (Å²) in [5, 5.41) is 18.8. The third kappa shape index (κ3) is 4.02. The van der Waals surface area contributed by atoms with Gasteiger partial charge < -0.3 is 18.0 Å². The van der Waals surface area contributed by atoms with Crippen LogP contribution in [-0.2, 0) is 0 Å². The molecule has 12 rings (SSSR count). The van der Waals surface area contributed by atoms with E-state index in [2.05, 4.69) is 105 Å². The molecule has 0 amide bonds. The molecule has 0 N–H and O–H groups in total. The average molecular weight is 715 g/mol. The van der Waals surface area contributed by atoms with E-state index in [-0.39, 0.29) is 0 Å². The van der Waals surface area contributed by atoms with Crippen molar-refractivity contribution in [2.75, 3.05) is 0 Å². The van der Waals surface area contributed by atoms with Crippen LogP contribution in [0.5, 0.6) is 0 Å². The Labute approximate surface area is 318 Å². The van der Waals surface area contributed by atoms with Crippen LogP contribution in [0, 0.1) is 17.9 Å². The van der Waals surface area contributed by atoms with E-state index in [4.69, 9.17) is 15.4 Å². The van der Waals surface area contributed by atoms with E-state index >= 15 is 0 Å².